The van der Waals surface area contributed by atoms with Crippen molar-refractivity contribution in [3.05, 3.63) is 24.3 Å². The zero-order chi connectivity index (χ0) is 7.28. The van der Waals surface area contributed by atoms with Gasteiger partial charge in [0.05, 0.1) is 5.57 Å². The fraction of sp³-hybridized carbons (Fsp3) is 0. The van der Waals surface area contributed by atoms with E-state index in [9.17, 15) is 9.59 Å². The van der Waals surface area contributed by atoms with Crippen molar-refractivity contribution in [3.8, 4) is 0 Å². The summed E-state index contributed by atoms with van der Waals surface area (Å²) in [7, 11) is 0. The zero-order valence-corrected chi connectivity index (χ0v) is 4.70. The molecule has 0 aliphatic heterocycles. The molecule has 0 aromatic rings. The van der Waals surface area contributed by atoms with Crippen molar-refractivity contribution < 1.29 is 14.7 Å². The van der Waals surface area contributed by atoms with Crippen LogP contribution in [0.2, 0.25) is 0 Å². The van der Waals surface area contributed by atoms with Crippen LogP contribution in [-0.2, 0) is 9.59 Å². The molecule has 3 nitrogen and oxygen atoms in total. The van der Waals surface area contributed by atoms with Crippen LogP contribution in [0.4, 0.5) is 0 Å². The Morgan fingerprint density at radius 3 is 2.22 bits per heavy atom. The minimum Gasteiger partial charge on any atom is -0.478 e. The predicted molar refractivity (Wildman–Crippen MR) is 32.0 cm³/mol. The molecule has 0 aliphatic rings. The number of aliphatic carboxylic acids is 1. The second kappa shape index (κ2) is 3.60. The van der Waals surface area contributed by atoms with E-state index >= 15 is 0 Å². The standard InChI is InChI=1S/C6H6O3/c1-2-5(3-4-7)6(8)9/h2-4H,1H2,(H,8,9). The Kier molecular flexibility index (Phi) is 3.05. The molecule has 0 rings (SSSR count). The van der Waals surface area contributed by atoms with Gasteiger partial charge < -0.3 is 5.11 Å². The number of aldehydes is 1. The summed E-state index contributed by atoms with van der Waals surface area (Å²) < 4.78 is 0. The van der Waals surface area contributed by atoms with Gasteiger partial charge in [-0.1, -0.05) is 12.7 Å². The van der Waals surface area contributed by atoms with Crippen LogP contribution in [-0.4, -0.2) is 17.4 Å². The maximum Gasteiger partial charge on any atom is 0.335 e. The van der Waals surface area contributed by atoms with Crippen molar-refractivity contribution in [2.45, 2.75) is 0 Å². The second-order valence-electron chi connectivity index (χ2n) is 1.27. The van der Waals surface area contributed by atoms with E-state index in [1.807, 2.05) is 0 Å². The van der Waals surface area contributed by atoms with Crippen LogP contribution in [0.25, 0.3) is 0 Å². The number of rotatable bonds is 3. The van der Waals surface area contributed by atoms with Crippen LogP contribution >= 0.6 is 0 Å². The molecule has 0 saturated heterocycles. The van der Waals surface area contributed by atoms with Gasteiger partial charge in [-0.3, -0.25) is 4.79 Å². The molecule has 0 radical (unpaired) electrons. The third kappa shape index (κ3) is 2.43. The highest BCUT2D eigenvalue weighted by atomic mass is 16.4. The highest BCUT2D eigenvalue weighted by Crippen LogP contribution is 1.91. The van der Waals surface area contributed by atoms with Crippen molar-refractivity contribution >= 4 is 12.3 Å². The molecule has 0 unspecified atom stereocenters. The van der Waals surface area contributed by atoms with Crippen LogP contribution in [0, 0.1) is 0 Å². The Morgan fingerprint density at radius 2 is 2.11 bits per heavy atom. The summed E-state index contributed by atoms with van der Waals surface area (Å²) >= 11 is 0. The predicted octanol–water partition coefficient (Wildman–Crippen LogP) is 0.382. The van der Waals surface area contributed by atoms with E-state index in [-0.39, 0.29) is 5.57 Å². The molecule has 0 fully saturated rings. The lowest BCUT2D eigenvalue weighted by molar-refractivity contribution is -0.132. The summed E-state index contributed by atoms with van der Waals surface area (Å²) in [6, 6.07) is 0. The fourth-order valence-corrected chi connectivity index (χ4v) is 0.300. The van der Waals surface area contributed by atoms with Crippen molar-refractivity contribution in [2.24, 2.45) is 0 Å². The third-order valence-corrected chi connectivity index (χ3v) is 0.714. The van der Waals surface area contributed by atoms with Gasteiger partial charge in [-0.05, 0) is 6.08 Å². The first-order valence-corrected chi connectivity index (χ1v) is 2.23. The first kappa shape index (κ1) is 7.62. The van der Waals surface area contributed by atoms with Crippen LogP contribution in [0.5, 0.6) is 0 Å². The average molecular weight is 126 g/mol. The Balaban J connectivity index is 4.32. The monoisotopic (exact) mass is 126 g/mol. The van der Waals surface area contributed by atoms with E-state index in [4.69, 9.17) is 5.11 Å². The van der Waals surface area contributed by atoms with Gasteiger partial charge in [-0.2, -0.15) is 0 Å². The summed E-state index contributed by atoms with van der Waals surface area (Å²) in [5.41, 5.74) is -0.0926. The Labute approximate surface area is 52.3 Å². The molecular weight excluding hydrogens is 120 g/mol. The molecule has 0 amide bonds. The van der Waals surface area contributed by atoms with Crippen LogP contribution in [0.15, 0.2) is 24.3 Å². The summed E-state index contributed by atoms with van der Waals surface area (Å²) in [4.78, 5) is 19.7. The number of hydrogen-bond donors (Lipinski definition) is 1. The number of hydrogen-bond acceptors (Lipinski definition) is 2. The summed E-state index contributed by atoms with van der Waals surface area (Å²) in [6.45, 7) is 3.19. The normalized spacial score (nSPS) is 10.4. The van der Waals surface area contributed by atoms with Gasteiger partial charge in [0.1, 0.15) is 6.29 Å². The fourth-order valence-electron chi connectivity index (χ4n) is 0.300. The van der Waals surface area contributed by atoms with Crippen molar-refractivity contribution in [1.29, 1.82) is 0 Å². The number of carboxylic acid groups (broad SMARTS) is 1. The van der Waals surface area contributed by atoms with E-state index in [0.29, 0.717) is 6.29 Å². The molecule has 0 aromatic carbocycles. The van der Waals surface area contributed by atoms with E-state index in [0.717, 1.165) is 12.2 Å². The number of carbonyl (C=O) groups is 2. The lowest BCUT2D eigenvalue weighted by Crippen LogP contribution is -1.96. The highest BCUT2D eigenvalue weighted by molar-refractivity contribution is 5.93. The number of carbonyl (C=O) groups excluding carboxylic acids is 1. The third-order valence-electron chi connectivity index (χ3n) is 0.714. The largest absolute Gasteiger partial charge is 0.478 e. The molecule has 9 heavy (non-hydrogen) atoms. The first-order chi connectivity index (χ1) is 4.22. The lowest BCUT2D eigenvalue weighted by atomic mass is 10.2. The summed E-state index contributed by atoms with van der Waals surface area (Å²) in [5, 5.41) is 8.21. The zero-order valence-electron chi connectivity index (χ0n) is 4.70. The molecule has 0 heterocycles. The number of carboxylic acids is 1. The molecule has 48 valence electrons. The van der Waals surface area contributed by atoms with Crippen LogP contribution in [0.1, 0.15) is 0 Å². The van der Waals surface area contributed by atoms with Crippen molar-refractivity contribution in [2.75, 3.05) is 0 Å². The maximum absolute atomic E-state index is 10.0. The van der Waals surface area contributed by atoms with Crippen molar-refractivity contribution in [1.82, 2.24) is 0 Å². The van der Waals surface area contributed by atoms with Gasteiger partial charge >= 0.3 is 5.97 Å². The first-order valence-electron chi connectivity index (χ1n) is 2.23. The van der Waals surface area contributed by atoms with Gasteiger partial charge in [0.2, 0.25) is 0 Å². The molecule has 0 atom stereocenters. The minimum atomic E-state index is -1.14. The molecule has 0 spiro atoms. The van der Waals surface area contributed by atoms with E-state index in [2.05, 4.69) is 6.58 Å². The van der Waals surface area contributed by atoms with Crippen LogP contribution in [0.3, 0.4) is 0 Å². The average Bonchev–Trinajstić information content (AvgIpc) is 1.82. The second-order valence-corrected chi connectivity index (χ2v) is 1.27. The van der Waals surface area contributed by atoms with Crippen molar-refractivity contribution in [3.63, 3.8) is 0 Å². The minimum absolute atomic E-state index is 0.0926. The van der Waals surface area contributed by atoms with E-state index < -0.39 is 5.97 Å². The molecule has 0 bridgehead atoms. The Bertz CT molecular complexity index is 167. The highest BCUT2D eigenvalue weighted by Gasteiger charge is 1.98. The summed E-state index contributed by atoms with van der Waals surface area (Å²) in [5.74, 6) is -1.14. The van der Waals surface area contributed by atoms with Gasteiger partial charge in [-0.25, -0.2) is 4.79 Å². The van der Waals surface area contributed by atoms with Gasteiger partial charge in [0.15, 0.2) is 0 Å². The molecule has 0 saturated carbocycles. The summed E-state index contributed by atoms with van der Waals surface area (Å²) in [6.07, 6.45) is 2.46. The molecule has 0 aromatic heterocycles. The molecule has 0 aliphatic carbocycles. The Hall–Kier alpha value is -1.38. The number of allylic oxidation sites excluding steroid dienone is 1. The van der Waals surface area contributed by atoms with Gasteiger partial charge in [0, 0.05) is 0 Å². The molecule has 3 heteroatoms. The van der Waals surface area contributed by atoms with Gasteiger partial charge in [0.25, 0.3) is 0 Å². The lowest BCUT2D eigenvalue weighted by Gasteiger charge is -1.86. The smallest absolute Gasteiger partial charge is 0.335 e. The quantitative estimate of drug-likeness (QED) is 0.338. The Morgan fingerprint density at radius 1 is 1.56 bits per heavy atom. The van der Waals surface area contributed by atoms with Gasteiger partial charge in [-0.15, -0.1) is 0 Å². The van der Waals surface area contributed by atoms with E-state index in [1.165, 1.54) is 0 Å². The SMILES string of the molecule is C=CC(=CC=O)C(=O)O. The molecular formula is C6H6O3. The topological polar surface area (TPSA) is 54.4 Å². The molecule has 1 N–H and O–H groups in total. The van der Waals surface area contributed by atoms with E-state index in [1.54, 1.807) is 0 Å². The maximum atomic E-state index is 10.0. The van der Waals surface area contributed by atoms with Crippen LogP contribution < -0.4 is 0 Å².